The van der Waals surface area contributed by atoms with E-state index in [1.54, 1.807) is 0 Å². The quantitative estimate of drug-likeness (QED) is 0.909. The van der Waals surface area contributed by atoms with Gasteiger partial charge in [-0.3, -0.25) is 0 Å². The van der Waals surface area contributed by atoms with Gasteiger partial charge < -0.3 is 15.0 Å². The van der Waals surface area contributed by atoms with Gasteiger partial charge in [0.05, 0.1) is 10.6 Å². The molecule has 0 spiro atoms. The zero-order valence-electron chi connectivity index (χ0n) is 11.7. The fourth-order valence-electron chi connectivity index (χ4n) is 1.89. The summed E-state index contributed by atoms with van der Waals surface area (Å²) in [7, 11) is 0. The second kappa shape index (κ2) is 5.30. The van der Waals surface area contributed by atoms with Gasteiger partial charge in [-0.1, -0.05) is 12.1 Å². The summed E-state index contributed by atoms with van der Waals surface area (Å²) < 4.78 is 11.1. The second-order valence-electron chi connectivity index (χ2n) is 4.58. The van der Waals surface area contributed by atoms with Gasteiger partial charge in [0.25, 0.3) is 5.89 Å². The lowest BCUT2D eigenvalue weighted by Crippen LogP contribution is -2.26. The third-order valence-electron chi connectivity index (χ3n) is 3.15. The van der Waals surface area contributed by atoms with Crippen LogP contribution in [-0.2, 0) is 10.3 Å². The topological polar surface area (TPSA) is 74.2 Å². The summed E-state index contributed by atoms with van der Waals surface area (Å²) in [5.74, 6) is 1.02. The van der Waals surface area contributed by atoms with E-state index in [1.165, 1.54) is 11.3 Å². The molecule has 6 heteroatoms. The molecule has 2 rings (SSSR count). The van der Waals surface area contributed by atoms with Gasteiger partial charge >= 0.3 is 0 Å². The van der Waals surface area contributed by atoms with E-state index in [4.69, 9.17) is 15.0 Å². The number of nitrogens with zero attached hydrogens (tertiary/aromatic N) is 2. The Labute approximate surface area is 116 Å². The van der Waals surface area contributed by atoms with Crippen LogP contribution in [0.2, 0.25) is 0 Å². The van der Waals surface area contributed by atoms with Crippen LogP contribution in [0.15, 0.2) is 10.6 Å². The fourth-order valence-corrected chi connectivity index (χ4v) is 2.67. The molecule has 0 amide bonds. The largest absolute Gasteiger partial charge is 0.390 e. The van der Waals surface area contributed by atoms with Crippen molar-refractivity contribution in [3.05, 3.63) is 16.8 Å². The Morgan fingerprint density at radius 2 is 2.21 bits per heavy atom. The molecular weight excluding hydrogens is 262 g/mol. The molecule has 5 nitrogen and oxygen atoms in total. The Morgan fingerprint density at radius 3 is 2.74 bits per heavy atom. The highest BCUT2D eigenvalue weighted by Crippen LogP contribution is 2.34. The number of nitrogen functional groups attached to an aromatic ring is 1. The van der Waals surface area contributed by atoms with Crippen LogP contribution in [-0.4, -0.2) is 16.7 Å². The van der Waals surface area contributed by atoms with Crippen LogP contribution >= 0.6 is 11.3 Å². The second-order valence-corrected chi connectivity index (χ2v) is 5.86. The minimum Gasteiger partial charge on any atom is -0.390 e. The highest BCUT2D eigenvalue weighted by molar-refractivity contribution is 7.16. The lowest BCUT2D eigenvalue weighted by atomic mass is 10.0. The van der Waals surface area contributed by atoms with Crippen molar-refractivity contribution in [2.24, 2.45) is 0 Å². The van der Waals surface area contributed by atoms with E-state index in [1.807, 2.05) is 33.8 Å². The molecule has 0 saturated heterocycles. The Kier molecular flexibility index (Phi) is 3.91. The zero-order valence-corrected chi connectivity index (χ0v) is 12.5. The van der Waals surface area contributed by atoms with Crippen molar-refractivity contribution >= 4 is 16.3 Å². The zero-order chi connectivity index (χ0) is 14.0. The number of rotatable bonds is 5. The van der Waals surface area contributed by atoms with Crippen molar-refractivity contribution in [1.29, 1.82) is 0 Å². The van der Waals surface area contributed by atoms with Crippen molar-refractivity contribution in [3.8, 4) is 11.5 Å². The first-order valence-electron chi connectivity index (χ1n) is 6.34. The minimum absolute atomic E-state index is 0.455. The van der Waals surface area contributed by atoms with E-state index in [9.17, 15) is 0 Å². The molecule has 0 aliphatic rings. The smallest absolute Gasteiger partial charge is 0.261 e. The fraction of sp³-hybridized carbons (Fsp3) is 0.538. The lowest BCUT2D eigenvalue weighted by Gasteiger charge is -2.23. The van der Waals surface area contributed by atoms with Crippen LogP contribution in [0.1, 0.15) is 37.9 Å². The molecule has 0 fully saturated rings. The molecule has 1 atom stereocenters. The Balaban J connectivity index is 2.35. The molecule has 19 heavy (non-hydrogen) atoms. The molecule has 2 aromatic rings. The van der Waals surface area contributed by atoms with E-state index in [0.29, 0.717) is 23.3 Å². The van der Waals surface area contributed by atoms with E-state index in [0.717, 1.165) is 16.9 Å². The molecule has 0 bridgehead atoms. The van der Waals surface area contributed by atoms with Crippen LogP contribution in [0.3, 0.4) is 0 Å². The Morgan fingerprint density at radius 1 is 1.47 bits per heavy atom. The summed E-state index contributed by atoms with van der Waals surface area (Å²) in [6.45, 7) is 8.56. The third kappa shape index (κ3) is 2.64. The number of hydrogen-bond acceptors (Lipinski definition) is 6. The van der Waals surface area contributed by atoms with E-state index in [2.05, 4.69) is 10.1 Å². The van der Waals surface area contributed by atoms with Gasteiger partial charge in [0.15, 0.2) is 0 Å². The maximum Gasteiger partial charge on any atom is 0.261 e. The molecule has 104 valence electrons. The van der Waals surface area contributed by atoms with Crippen LogP contribution < -0.4 is 5.73 Å². The normalized spacial score (nSPS) is 14.5. The predicted octanol–water partition coefficient (Wildman–Crippen LogP) is 3.35. The van der Waals surface area contributed by atoms with E-state index in [-0.39, 0.29) is 0 Å². The number of hydrogen-bond donors (Lipinski definition) is 1. The SMILES string of the molecule is CCOC(C)(CC)c1noc(-c2cc(C)sc2N)n1. The van der Waals surface area contributed by atoms with Gasteiger partial charge in [-0.15, -0.1) is 11.3 Å². The molecule has 2 heterocycles. The summed E-state index contributed by atoms with van der Waals surface area (Å²) >= 11 is 1.52. The average molecular weight is 281 g/mol. The number of anilines is 1. The molecule has 0 saturated carbocycles. The first-order chi connectivity index (χ1) is 9.00. The van der Waals surface area contributed by atoms with Gasteiger partial charge in [0.2, 0.25) is 5.82 Å². The molecule has 0 radical (unpaired) electrons. The third-order valence-corrected chi connectivity index (χ3v) is 4.03. The van der Waals surface area contributed by atoms with Gasteiger partial charge in [0.1, 0.15) is 5.60 Å². The molecule has 0 aliphatic heterocycles. The Bertz CT molecular complexity index is 564. The summed E-state index contributed by atoms with van der Waals surface area (Å²) in [5, 5.41) is 4.74. The summed E-state index contributed by atoms with van der Waals surface area (Å²) in [4.78, 5) is 5.56. The van der Waals surface area contributed by atoms with Crippen molar-refractivity contribution < 1.29 is 9.26 Å². The van der Waals surface area contributed by atoms with Gasteiger partial charge in [-0.2, -0.15) is 4.98 Å². The first-order valence-corrected chi connectivity index (χ1v) is 7.16. The predicted molar refractivity (Wildman–Crippen MR) is 76.0 cm³/mol. The lowest BCUT2D eigenvalue weighted by molar-refractivity contribution is -0.0403. The molecule has 2 N–H and O–H groups in total. The highest BCUT2D eigenvalue weighted by atomic mass is 32.1. The minimum atomic E-state index is -0.518. The number of thiophene rings is 1. The molecule has 1 unspecified atom stereocenters. The number of aryl methyl sites for hydroxylation is 1. The standard InChI is InChI=1S/C13H19N3O2S/c1-5-13(4,17-6-2)12-15-11(18-16-12)9-7-8(3)19-10(9)14/h7H,5-6,14H2,1-4H3. The van der Waals surface area contributed by atoms with Gasteiger partial charge in [-0.05, 0) is 33.3 Å². The van der Waals surface area contributed by atoms with Crippen molar-refractivity contribution in [2.45, 2.75) is 39.7 Å². The monoisotopic (exact) mass is 281 g/mol. The molecule has 2 aromatic heterocycles. The summed E-state index contributed by atoms with van der Waals surface area (Å²) in [6.07, 6.45) is 0.776. The van der Waals surface area contributed by atoms with Crippen LogP contribution in [0.4, 0.5) is 5.00 Å². The average Bonchev–Trinajstić information content (AvgIpc) is 2.96. The van der Waals surface area contributed by atoms with Crippen molar-refractivity contribution in [2.75, 3.05) is 12.3 Å². The van der Waals surface area contributed by atoms with E-state index < -0.39 is 5.60 Å². The van der Waals surface area contributed by atoms with Crippen molar-refractivity contribution in [3.63, 3.8) is 0 Å². The highest BCUT2D eigenvalue weighted by Gasteiger charge is 2.31. The molecule has 0 aromatic carbocycles. The Hall–Kier alpha value is -1.40. The number of aromatic nitrogens is 2. The van der Waals surface area contributed by atoms with E-state index >= 15 is 0 Å². The number of nitrogens with two attached hydrogens (primary N) is 1. The van der Waals surface area contributed by atoms with Gasteiger partial charge in [0, 0.05) is 11.5 Å². The van der Waals surface area contributed by atoms with Crippen molar-refractivity contribution in [1.82, 2.24) is 10.1 Å². The maximum atomic E-state index is 5.94. The summed E-state index contributed by atoms with van der Waals surface area (Å²) in [6, 6.07) is 1.96. The van der Waals surface area contributed by atoms with Crippen LogP contribution in [0.25, 0.3) is 11.5 Å². The first kappa shape index (κ1) is 14.0. The maximum absolute atomic E-state index is 5.94. The van der Waals surface area contributed by atoms with Gasteiger partial charge in [-0.25, -0.2) is 0 Å². The summed E-state index contributed by atoms with van der Waals surface area (Å²) in [5.41, 5.74) is 6.23. The van der Waals surface area contributed by atoms with Crippen LogP contribution in [0, 0.1) is 6.92 Å². The van der Waals surface area contributed by atoms with Crippen LogP contribution in [0.5, 0.6) is 0 Å². The molecular formula is C13H19N3O2S. The molecule has 0 aliphatic carbocycles. The number of ether oxygens (including phenoxy) is 1.